The van der Waals surface area contributed by atoms with Gasteiger partial charge in [-0.3, -0.25) is 4.90 Å². The van der Waals surface area contributed by atoms with Crippen LogP contribution in [0.15, 0.2) is 0 Å². The average molecular weight is 240 g/mol. The largest absolute Gasteiger partial charge is 0.375 e. The molecule has 17 heavy (non-hydrogen) atoms. The third kappa shape index (κ3) is 3.43. The molecule has 0 saturated carbocycles. The van der Waals surface area contributed by atoms with Gasteiger partial charge < -0.3 is 10.1 Å². The summed E-state index contributed by atoms with van der Waals surface area (Å²) in [5.74, 6) is 0. The van der Waals surface area contributed by atoms with Crippen LogP contribution in [0.4, 0.5) is 0 Å². The Hall–Kier alpha value is -0.120. The molecule has 2 heterocycles. The number of ether oxygens (including phenoxy) is 1. The van der Waals surface area contributed by atoms with E-state index in [1.807, 2.05) is 0 Å². The predicted octanol–water partition coefficient (Wildman–Crippen LogP) is 2.02. The van der Waals surface area contributed by atoms with E-state index in [0.29, 0.717) is 0 Å². The van der Waals surface area contributed by atoms with Crippen molar-refractivity contribution in [3.63, 3.8) is 0 Å². The van der Waals surface area contributed by atoms with Crippen LogP contribution in [-0.2, 0) is 4.74 Å². The van der Waals surface area contributed by atoms with E-state index in [2.05, 4.69) is 31.1 Å². The number of nitrogens with zero attached hydrogens (tertiary/aromatic N) is 1. The molecule has 0 spiro atoms. The molecule has 0 aromatic heterocycles. The van der Waals surface area contributed by atoms with Crippen LogP contribution in [0.2, 0.25) is 0 Å². The lowest BCUT2D eigenvalue weighted by molar-refractivity contribution is -0.0925. The summed E-state index contributed by atoms with van der Waals surface area (Å²) in [6, 6.07) is 1.48. The van der Waals surface area contributed by atoms with Gasteiger partial charge in [-0.25, -0.2) is 0 Å². The summed E-state index contributed by atoms with van der Waals surface area (Å²) in [5, 5.41) is 3.35. The van der Waals surface area contributed by atoms with Gasteiger partial charge in [0.15, 0.2) is 0 Å². The zero-order chi connectivity index (χ0) is 12.3. The van der Waals surface area contributed by atoms with Gasteiger partial charge in [0.05, 0.1) is 5.60 Å². The van der Waals surface area contributed by atoms with Crippen LogP contribution >= 0.6 is 0 Å². The maximum atomic E-state index is 5.84. The molecule has 100 valence electrons. The minimum absolute atomic E-state index is 0.0740. The molecular formula is C14H28N2O. The third-order valence-electron chi connectivity index (χ3n) is 4.25. The van der Waals surface area contributed by atoms with Gasteiger partial charge in [0.2, 0.25) is 0 Å². The van der Waals surface area contributed by atoms with Crippen LogP contribution < -0.4 is 5.32 Å². The van der Waals surface area contributed by atoms with Crippen LogP contribution in [0.3, 0.4) is 0 Å². The van der Waals surface area contributed by atoms with Gasteiger partial charge in [-0.05, 0) is 53.1 Å². The Morgan fingerprint density at radius 1 is 1.29 bits per heavy atom. The first kappa shape index (κ1) is 13.3. The molecule has 2 aliphatic rings. The van der Waals surface area contributed by atoms with E-state index >= 15 is 0 Å². The van der Waals surface area contributed by atoms with Gasteiger partial charge >= 0.3 is 0 Å². The molecular weight excluding hydrogens is 212 g/mol. The van der Waals surface area contributed by atoms with Gasteiger partial charge in [0.25, 0.3) is 0 Å². The van der Waals surface area contributed by atoms with Crippen molar-refractivity contribution < 1.29 is 4.74 Å². The van der Waals surface area contributed by atoms with Crippen molar-refractivity contribution in [2.24, 2.45) is 0 Å². The fourth-order valence-electron chi connectivity index (χ4n) is 3.44. The molecule has 2 rings (SSSR count). The maximum Gasteiger partial charge on any atom is 0.0641 e. The minimum Gasteiger partial charge on any atom is -0.375 e. The number of rotatable bonds is 3. The first-order valence-electron chi connectivity index (χ1n) is 7.17. The Balaban J connectivity index is 1.98. The van der Waals surface area contributed by atoms with Gasteiger partial charge in [0, 0.05) is 25.2 Å². The molecule has 1 N–H and O–H groups in total. The standard InChI is InChI=1S/C14H28N2O/c1-14(2)10-12(7-9-17-14)16-8-5-4-6-13(16)11-15-3/h12-13,15H,4-11H2,1-3H3. The van der Waals surface area contributed by atoms with E-state index in [1.54, 1.807) is 0 Å². The van der Waals surface area contributed by atoms with Gasteiger partial charge in [-0.15, -0.1) is 0 Å². The van der Waals surface area contributed by atoms with Crippen molar-refractivity contribution in [1.82, 2.24) is 10.2 Å². The number of hydrogen-bond donors (Lipinski definition) is 1. The molecule has 0 bridgehead atoms. The van der Waals surface area contributed by atoms with Crippen molar-refractivity contribution in [3.8, 4) is 0 Å². The van der Waals surface area contributed by atoms with Crippen LogP contribution in [0.1, 0.15) is 46.0 Å². The number of piperidine rings is 1. The highest BCUT2D eigenvalue weighted by Gasteiger charge is 2.35. The highest BCUT2D eigenvalue weighted by molar-refractivity contribution is 4.90. The summed E-state index contributed by atoms with van der Waals surface area (Å²) in [4.78, 5) is 2.75. The minimum atomic E-state index is 0.0740. The molecule has 0 aromatic rings. The zero-order valence-corrected chi connectivity index (χ0v) is 11.7. The lowest BCUT2D eigenvalue weighted by atomic mass is 9.89. The Labute approximate surface area is 106 Å². The number of likely N-dealkylation sites (tertiary alicyclic amines) is 1. The Bertz CT molecular complexity index is 240. The van der Waals surface area contributed by atoms with E-state index in [-0.39, 0.29) is 5.60 Å². The monoisotopic (exact) mass is 240 g/mol. The number of hydrogen-bond acceptors (Lipinski definition) is 3. The van der Waals surface area contributed by atoms with Gasteiger partial charge in [-0.2, -0.15) is 0 Å². The molecule has 0 amide bonds. The molecule has 2 aliphatic heterocycles. The summed E-state index contributed by atoms with van der Waals surface area (Å²) in [5.41, 5.74) is 0.0740. The van der Waals surface area contributed by atoms with E-state index in [0.717, 1.165) is 25.2 Å². The fraction of sp³-hybridized carbons (Fsp3) is 1.00. The molecule has 0 aliphatic carbocycles. The van der Waals surface area contributed by atoms with Crippen LogP contribution in [0.5, 0.6) is 0 Å². The molecule has 0 aromatic carbocycles. The smallest absolute Gasteiger partial charge is 0.0641 e. The first-order chi connectivity index (χ1) is 8.12. The second-order valence-corrected chi connectivity index (χ2v) is 6.20. The topological polar surface area (TPSA) is 24.5 Å². The summed E-state index contributed by atoms with van der Waals surface area (Å²) in [7, 11) is 2.07. The SMILES string of the molecule is CNCC1CCCCN1C1CCOC(C)(C)C1. The average Bonchev–Trinajstić information content (AvgIpc) is 2.29. The lowest BCUT2D eigenvalue weighted by Gasteiger charge is -2.46. The van der Waals surface area contributed by atoms with E-state index < -0.39 is 0 Å². The quantitative estimate of drug-likeness (QED) is 0.817. The van der Waals surface area contributed by atoms with Crippen LogP contribution in [0, 0.1) is 0 Å². The number of likely N-dealkylation sites (N-methyl/N-ethyl adjacent to an activating group) is 1. The predicted molar refractivity (Wildman–Crippen MR) is 71.3 cm³/mol. The molecule has 2 fully saturated rings. The maximum absolute atomic E-state index is 5.84. The molecule has 2 saturated heterocycles. The fourth-order valence-corrected chi connectivity index (χ4v) is 3.44. The van der Waals surface area contributed by atoms with Crippen molar-refractivity contribution in [1.29, 1.82) is 0 Å². The van der Waals surface area contributed by atoms with Crippen molar-refractivity contribution in [2.75, 3.05) is 26.7 Å². The third-order valence-corrected chi connectivity index (χ3v) is 4.25. The lowest BCUT2D eigenvalue weighted by Crippen LogP contribution is -2.54. The highest BCUT2D eigenvalue weighted by atomic mass is 16.5. The summed E-state index contributed by atoms with van der Waals surface area (Å²) >= 11 is 0. The second kappa shape index (κ2) is 5.68. The summed E-state index contributed by atoms with van der Waals surface area (Å²) < 4.78 is 5.84. The second-order valence-electron chi connectivity index (χ2n) is 6.20. The molecule has 3 heteroatoms. The molecule has 3 nitrogen and oxygen atoms in total. The Morgan fingerprint density at radius 2 is 2.12 bits per heavy atom. The highest BCUT2D eigenvalue weighted by Crippen LogP contribution is 2.31. The Kier molecular flexibility index (Phi) is 4.45. The van der Waals surface area contributed by atoms with E-state index in [4.69, 9.17) is 4.74 Å². The summed E-state index contributed by atoms with van der Waals surface area (Å²) in [6.45, 7) is 7.82. The molecule has 2 atom stereocenters. The van der Waals surface area contributed by atoms with Crippen LogP contribution in [-0.4, -0.2) is 49.3 Å². The van der Waals surface area contributed by atoms with Crippen molar-refractivity contribution in [3.05, 3.63) is 0 Å². The summed E-state index contributed by atoms with van der Waals surface area (Å²) in [6.07, 6.45) is 6.53. The normalized spacial score (nSPS) is 34.8. The number of nitrogens with one attached hydrogen (secondary N) is 1. The van der Waals surface area contributed by atoms with Crippen molar-refractivity contribution >= 4 is 0 Å². The van der Waals surface area contributed by atoms with Crippen molar-refractivity contribution in [2.45, 2.75) is 63.6 Å². The molecule has 0 radical (unpaired) electrons. The zero-order valence-electron chi connectivity index (χ0n) is 11.7. The first-order valence-corrected chi connectivity index (χ1v) is 7.17. The van der Waals surface area contributed by atoms with E-state index in [1.165, 1.54) is 38.6 Å². The van der Waals surface area contributed by atoms with Gasteiger partial charge in [-0.1, -0.05) is 6.42 Å². The van der Waals surface area contributed by atoms with E-state index in [9.17, 15) is 0 Å². The molecule has 2 unspecified atom stereocenters. The van der Waals surface area contributed by atoms with Gasteiger partial charge in [0.1, 0.15) is 0 Å². The van der Waals surface area contributed by atoms with Crippen LogP contribution in [0.25, 0.3) is 0 Å². The Morgan fingerprint density at radius 3 is 2.82 bits per heavy atom.